The molecule has 0 bridgehead atoms. The van der Waals surface area contributed by atoms with Crippen LogP contribution in [0.5, 0.6) is 0 Å². The van der Waals surface area contributed by atoms with Gasteiger partial charge in [-0.3, -0.25) is 0 Å². The molecule has 0 spiro atoms. The van der Waals surface area contributed by atoms with Gasteiger partial charge in [0.15, 0.2) is 0 Å². The van der Waals surface area contributed by atoms with Crippen molar-refractivity contribution in [1.82, 2.24) is 0 Å². The van der Waals surface area contributed by atoms with Crippen LogP contribution in [0.3, 0.4) is 0 Å². The number of hydrogen-bond acceptors (Lipinski definition) is 2. The lowest BCUT2D eigenvalue weighted by molar-refractivity contribution is -0.372. The highest BCUT2D eigenvalue weighted by molar-refractivity contribution is 4.80. The van der Waals surface area contributed by atoms with Crippen LogP contribution in [0.15, 0.2) is 0 Å². The molecule has 86 valence electrons. The molecule has 2 atom stereocenters. The quantitative estimate of drug-likeness (QED) is 0.741. The summed E-state index contributed by atoms with van der Waals surface area (Å²) in [6.45, 7) is -0.192. The minimum atomic E-state index is -5.84. The Morgan fingerprint density at radius 2 is 1.64 bits per heavy atom. The summed E-state index contributed by atoms with van der Waals surface area (Å²) in [6.07, 6.45) is -11.7. The molecule has 14 heavy (non-hydrogen) atoms. The topological polar surface area (TPSA) is 29.5 Å². The predicted octanol–water partition coefficient (Wildman–Crippen LogP) is 1.88. The summed E-state index contributed by atoms with van der Waals surface area (Å²) in [6, 6.07) is 0. The van der Waals surface area contributed by atoms with E-state index in [-0.39, 0.29) is 0 Å². The molecule has 0 aromatic heterocycles. The summed E-state index contributed by atoms with van der Waals surface area (Å²) in [4.78, 5) is 0. The average molecular weight is 226 g/mol. The summed E-state index contributed by atoms with van der Waals surface area (Å²) in [7, 11) is 0. The molecule has 1 N–H and O–H groups in total. The smallest absolute Gasteiger partial charge is 0.391 e. The number of halogens is 6. The molecule has 8 heteroatoms. The van der Waals surface area contributed by atoms with Gasteiger partial charge in [-0.05, 0) is 6.92 Å². The van der Waals surface area contributed by atoms with Crippen LogP contribution in [0, 0.1) is 0 Å². The standard InChI is InChI=1S/C6H8F6O2/c1-3(13)2-14-5(9,4(7)8)6(10,11)12/h3-4,13H,2H2,1H3. The summed E-state index contributed by atoms with van der Waals surface area (Å²) >= 11 is 0. The first-order chi connectivity index (χ1) is 6.11. The van der Waals surface area contributed by atoms with Crippen LogP contribution >= 0.6 is 0 Å². The molecule has 0 aliphatic carbocycles. The highest BCUT2D eigenvalue weighted by Gasteiger charge is 2.64. The first-order valence-corrected chi connectivity index (χ1v) is 3.47. The van der Waals surface area contributed by atoms with Gasteiger partial charge >= 0.3 is 18.5 Å². The van der Waals surface area contributed by atoms with Crippen LogP contribution in [0.25, 0.3) is 0 Å². The Hall–Kier alpha value is -0.500. The number of aliphatic hydroxyl groups excluding tert-OH is 1. The molecule has 0 aromatic carbocycles. The average Bonchev–Trinajstić information content (AvgIpc) is 1.97. The van der Waals surface area contributed by atoms with Crippen molar-refractivity contribution >= 4 is 0 Å². The van der Waals surface area contributed by atoms with Gasteiger partial charge < -0.3 is 9.84 Å². The van der Waals surface area contributed by atoms with Crippen LogP contribution in [0.4, 0.5) is 26.3 Å². The van der Waals surface area contributed by atoms with E-state index in [1.54, 1.807) is 0 Å². The van der Waals surface area contributed by atoms with Crippen molar-refractivity contribution in [2.24, 2.45) is 0 Å². The number of rotatable bonds is 4. The highest BCUT2D eigenvalue weighted by atomic mass is 19.4. The van der Waals surface area contributed by atoms with Gasteiger partial charge in [0, 0.05) is 0 Å². The molecular weight excluding hydrogens is 218 g/mol. The normalized spacial score (nSPS) is 19.5. The maximum absolute atomic E-state index is 12.6. The zero-order valence-corrected chi connectivity index (χ0v) is 6.99. The Labute approximate surface area is 75.5 Å². The van der Waals surface area contributed by atoms with E-state index in [1.807, 2.05) is 0 Å². The van der Waals surface area contributed by atoms with Crippen LogP contribution in [0.2, 0.25) is 0 Å². The van der Waals surface area contributed by atoms with Gasteiger partial charge in [0.2, 0.25) is 0 Å². The van der Waals surface area contributed by atoms with E-state index < -0.39 is 31.2 Å². The maximum atomic E-state index is 12.6. The van der Waals surface area contributed by atoms with Crippen molar-refractivity contribution in [3.8, 4) is 0 Å². The molecular formula is C6H8F6O2. The molecule has 2 nitrogen and oxygen atoms in total. The number of ether oxygens (including phenoxy) is 1. The minimum Gasteiger partial charge on any atom is -0.391 e. The Morgan fingerprint density at radius 3 is 1.86 bits per heavy atom. The lowest BCUT2D eigenvalue weighted by atomic mass is 10.3. The molecule has 0 fully saturated rings. The van der Waals surface area contributed by atoms with Gasteiger partial charge in [0.25, 0.3) is 0 Å². The van der Waals surface area contributed by atoms with Gasteiger partial charge in [-0.2, -0.15) is 17.6 Å². The Morgan fingerprint density at radius 1 is 1.21 bits per heavy atom. The van der Waals surface area contributed by atoms with Gasteiger partial charge in [0.05, 0.1) is 12.7 Å². The van der Waals surface area contributed by atoms with E-state index >= 15 is 0 Å². The first kappa shape index (κ1) is 13.5. The maximum Gasteiger partial charge on any atom is 0.454 e. The fourth-order valence-electron chi connectivity index (χ4n) is 0.510. The van der Waals surface area contributed by atoms with E-state index in [2.05, 4.69) is 4.74 Å². The monoisotopic (exact) mass is 226 g/mol. The third-order valence-corrected chi connectivity index (χ3v) is 1.20. The number of aliphatic hydroxyl groups is 1. The largest absolute Gasteiger partial charge is 0.454 e. The van der Waals surface area contributed by atoms with Crippen molar-refractivity contribution in [2.45, 2.75) is 31.5 Å². The zero-order chi connectivity index (χ0) is 11.6. The summed E-state index contributed by atoms with van der Waals surface area (Å²) in [5, 5.41) is 8.46. The lowest BCUT2D eigenvalue weighted by Crippen LogP contribution is -2.50. The number of alkyl halides is 6. The fraction of sp³-hybridized carbons (Fsp3) is 1.00. The van der Waals surface area contributed by atoms with Crippen LogP contribution < -0.4 is 0 Å². The molecule has 0 aliphatic heterocycles. The second-order valence-electron chi connectivity index (χ2n) is 2.60. The molecule has 0 saturated heterocycles. The minimum absolute atomic E-state index is 0.974. The number of hydrogen-bond donors (Lipinski definition) is 1. The van der Waals surface area contributed by atoms with Gasteiger partial charge in [0.1, 0.15) is 0 Å². The molecule has 0 radical (unpaired) electrons. The zero-order valence-electron chi connectivity index (χ0n) is 6.99. The molecule has 0 rings (SSSR count). The van der Waals surface area contributed by atoms with E-state index in [1.165, 1.54) is 0 Å². The first-order valence-electron chi connectivity index (χ1n) is 3.47. The van der Waals surface area contributed by atoms with Crippen LogP contribution in [-0.4, -0.2) is 36.3 Å². The van der Waals surface area contributed by atoms with Crippen molar-refractivity contribution in [3.63, 3.8) is 0 Å². The van der Waals surface area contributed by atoms with Crippen molar-refractivity contribution in [3.05, 3.63) is 0 Å². The molecule has 2 unspecified atom stereocenters. The van der Waals surface area contributed by atoms with E-state index in [0.717, 1.165) is 6.92 Å². The Bertz CT molecular complexity index is 180. The van der Waals surface area contributed by atoms with Crippen LogP contribution in [0.1, 0.15) is 6.92 Å². The fourth-order valence-corrected chi connectivity index (χ4v) is 0.510. The van der Waals surface area contributed by atoms with Gasteiger partial charge in [-0.1, -0.05) is 0 Å². The predicted molar refractivity (Wildman–Crippen MR) is 33.5 cm³/mol. The summed E-state index contributed by atoms with van der Waals surface area (Å²) in [5.74, 6) is -5.02. The van der Waals surface area contributed by atoms with Gasteiger partial charge in [-0.25, -0.2) is 8.78 Å². The molecule has 0 heterocycles. The second kappa shape index (κ2) is 4.35. The third kappa shape index (κ3) is 3.02. The van der Waals surface area contributed by atoms with Gasteiger partial charge in [-0.15, -0.1) is 0 Å². The molecule has 0 amide bonds. The van der Waals surface area contributed by atoms with E-state index in [0.29, 0.717) is 0 Å². The van der Waals surface area contributed by atoms with Crippen molar-refractivity contribution in [1.29, 1.82) is 0 Å². The second-order valence-corrected chi connectivity index (χ2v) is 2.60. The summed E-state index contributed by atoms with van der Waals surface area (Å²) < 4.78 is 74.6. The van der Waals surface area contributed by atoms with Crippen molar-refractivity contribution in [2.75, 3.05) is 6.61 Å². The Balaban J connectivity index is 4.58. The highest BCUT2D eigenvalue weighted by Crippen LogP contribution is 2.39. The van der Waals surface area contributed by atoms with E-state index in [9.17, 15) is 26.3 Å². The molecule has 0 aliphatic rings. The third-order valence-electron chi connectivity index (χ3n) is 1.20. The molecule has 0 saturated carbocycles. The SMILES string of the molecule is CC(O)COC(F)(C(F)F)C(F)(F)F. The van der Waals surface area contributed by atoms with Crippen LogP contribution in [-0.2, 0) is 4.74 Å². The van der Waals surface area contributed by atoms with Crippen molar-refractivity contribution < 1.29 is 36.2 Å². The summed E-state index contributed by atoms with van der Waals surface area (Å²) in [5.41, 5.74) is 0. The Kier molecular flexibility index (Phi) is 4.19. The lowest BCUT2D eigenvalue weighted by Gasteiger charge is -2.27. The van der Waals surface area contributed by atoms with E-state index in [4.69, 9.17) is 5.11 Å². The molecule has 0 aromatic rings.